The van der Waals surface area contributed by atoms with Gasteiger partial charge in [-0.05, 0) is 70.1 Å². The van der Waals surface area contributed by atoms with Gasteiger partial charge in [0.1, 0.15) is 17.3 Å². The number of hydrogen-bond acceptors (Lipinski definition) is 4. The van der Waals surface area contributed by atoms with Crippen molar-refractivity contribution in [2.45, 2.75) is 50.7 Å². The van der Waals surface area contributed by atoms with Gasteiger partial charge >= 0.3 is 6.18 Å². The molecule has 1 saturated carbocycles. The van der Waals surface area contributed by atoms with E-state index >= 15 is 0 Å². The second kappa shape index (κ2) is 9.77. The van der Waals surface area contributed by atoms with Gasteiger partial charge in [-0.25, -0.2) is 4.39 Å². The lowest BCUT2D eigenvalue weighted by atomic mass is 9.83. The van der Waals surface area contributed by atoms with Crippen LogP contribution in [0.1, 0.15) is 52.6 Å². The Hall–Kier alpha value is -2.88. The molecule has 186 valence electrons. The van der Waals surface area contributed by atoms with Crippen molar-refractivity contribution in [3.8, 4) is 0 Å². The first-order valence-corrected chi connectivity index (χ1v) is 11.0. The van der Waals surface area contributed by atoms with Crippen LogP contribution >= 0.6 is 0 Å². The van der Waals surface area contributed by atoms with Gasteiger partial charge in [-0.1, -0.05) is 6.07 Å². The predicted octanol–water partition coefficient (Wildman–Crippen LogP) is 3.93. The SMILES string of the molecule is Cc1ccc([C@H](CC(=O)NC[C@H](Cc2ccc(C(N)=O)c(F)c2)N(C)C)C2(C(F)(F)F)CC2)o1. The third-order valence-corrected chi connectivity index (χ3v) is 6.55. The summed E-state index contributed by atoms with van der Waals surface area (Å²) >= 11 is 0. The molecule has 2 atom stereocenters. The molecule has 1 aromatic carbocycles. The summed E-state index contributed by atoms with van der Waals surface area (Å²) in [7, 11) is 3.56. The third-order valence-electron chi connectivity index (χ3n) is 6.55. The normalized spacial score (nSPS) is 16.8. The zero-order valence-electron chi connectivity index (χ0n) is 19.3. The Balaban J connectivity index is 1.68. The smallest absolute Gasteiger partial charge is 0.395 e. The minimum atomic E-state index is -4.44. The molecule has 6 nitrogen and oxygen atoms in total. The molecule has 3 rings (SSSR count). The highest BCUT2D eigenvalue weighted by Gasteiger charge is 2.68. The first kappa shape index (κ1) is 25.7. The number of nitrogens with one attached hydrogen (secondary N) is 1. The molecule has 1 aromatic heterocycles. The van der Waals surface area contributed by atoms with Crippen LogP contribution in [0.2, 0.25) is 0 Å². The van der Waals surface area contributed by atoms with Crippen molar-refractivity contribution in [1.82, 2.24) is 10.2 Å². The van der Waals surface area contributed by atoms with Crippen LogP contribution in [-0.4, -0.2) is 49.6 Å². The number of aryl methyl sites for hydroxylation is 1. The van der Waals surface area contributed by atoms with Gasteiger partial charge in [-0.3, -0.25) is 9.59 Å². The number of likely N-dealkylation sites (N-methyl/N-ethyl adjacent to an activating group) is 1. The summed E-state index contributed by atoms with van der Waals surface area (Å²) in [6, 6.07) is 6.94. The summed E-state index contributed by atoms with van der Waals surface area (Å²) in [5.41, 5.74) is 3.56. The lowest BCUT2D eigenvalue weighted by Crippen LogP contribution is -2.42. The molecule has 10 heteroatoms. The van der Waals surface area contributed by atoms with Crippen molar-refractivity contribution in [3.05, 3.63) is 58.8 Å². The van der Waals surface area contributed by atoms with E-state index < -0.39 is 35.1 Å². The van der Waals surface area contributed by atoms with Gasteiger partial charge in [0.05, 0.1) is 11.0 Å². The molecule has 0 bridgehead atoms. The van der Waals surface area contributed by atoms with E-state index in [9.17, 15) is 27.2 Å². The summed E-state index contributed by atoms with van der Waals surface area (Å²) < 4.78 is 61.1. The number of furan rings is 1. The van der Waals surface area contributed by atoms with Gasteiger partial charge in [0.15, 0.2) is 0 Å². The number of alkyl halides is 3. The molecule has 1 aliphatic rings. The maximum atomic E-state index is 14.1. The number of amides is 2. The maximum Gasteiger partial charge on any atom is 0.395 e. The molecule has 0 aliphatic heterocycles. The fraction of sp³-hybridized carbons (Fsp3) is 0.500. The number of benzene rings is 1. The number of hydrogen-bond donors (Lipinski definition) is 2. The van der Waals surface area contributed by atoms with Gasteiger partial charge in [0.2, 0.25) is 5.91 Å². The van der Waals surface area contributed by atoms with Crippen LogP contribution in [0.5, 0.6) is 0 Å². The lowest BCUT2D eigenvalue weighted by molar-refractivity contribution is -0.196. The number of rotatable bonds is 10. The molecule has 2 amide bonds. The molecule has 2 aromatic rings. The molecule has 34 heavy (non-hydrogen) atoms. The van der Waals surface area contributed by atoms with Crippen molar-refractivity contribution in [3.63, 3.8) is 0 Å². The van der Waals surface area contributed by atoms with Gasteiger partial charge < -0.3 is 20.4 Å². The van der Waals surface area contributed by atoms with E-state index in [1.54, 1.807) is 33.2 Å². The molecule has 3 N–H and O–H groups in total. The molecule has 0 radical (unpaired) electrons. The Kier molecular flexibility index (Phi) is 7.40. The summed E-state index contributed by atoms with van der Waals surface area (Å²) in [6.07, 6.45) is -4.53. The van der Waals surface area contributed by atoms with Gasteiger partial charge in [-0.2, -0.15) is 13.2 Å². The van der Waals surface area contributed by atoms with E-state index in [0.717, 1.165) is 0 Å². The number of carbonyl (C=O) groups excluding carboxylic acids is 2. The highest BCUT2D eigenvalue weighted by Crippen LogP contribution is 2.66. The molecule has 0 saturated heterocycles. The van der Waals surface area contributed by atoms with Crippen molar-refractivity contribution >= 4 is 11.8 Å². The Morgan fingerprint density at radius 3 is 2.35 bits per heavy atom. The highest BCUT2D eigenvalue weighted by atomic mass is 19.4. The van der Waals surface area contributed by atoms with Crippen LogP contribution < -0.4 is 11.1 Å². The summed E-state index contributed by atoms with van der Waals surface area (Å²) in [5.74, 6) is -2.57. The maximum absolute atomic E-state index is 14.1. The van der Waals surface area contributed by atoms with Crippen LogP contribution in [0.3, 0.4) is 0 Å². The van der Waals surface area contributed by atoms with E-state index in [4.69, 9.17) is 10.2 Å². The van der Waals surface area contributed by atoms with Crippen molar-refractivity contribution in [1.29, 1.82) is 0 Å². The molecule has 1 heterocycles. The second-order valence-electron chi connectivity index (χ2n) is 9.16. The highest BCUT2D eigenvalue weighted by molar-refractivity contribution is 5.93. The first-order valence-electron chi connectivity index (χ1n) is 11.0. The van der Waals surface area contributed by atoms with Gasteiger partial charge in [-0.15, -0.1) is 0 Å². The predicted molar refractivity (Wildman–Crippen MR) is 118 cm³/mol. The number of nitrogens with zero attached hydrogens (tertiary/aromatic N) is 1. The van der Waals surface area contributed by atoms with Crippen LogP contribution in [-0.2, 0) is 11.2 Å². The van der Waals surface area contributed by atoms with Crippen molar-refractivity contribution in [2.75, 3.05) is 20.6 Å². The van der Waals surface area contributed by atoms with E-state index in [1.807, 2.05) is 4.90 Å². The van der Waals surface area contributed by atoms with E-state index in [-0.39, 0.29) is 43.2 Å². The topological polar surface area (TPSA) is 88.6 Å². The van der Waals surface area contributed by atoms with Crippen molar-refractivity contribution < 1.29 is 31.6 Å². The van der Waals surface area contributed by atoms with Crippen LogP contribution in [0.25, 0.3) is 0 Å². The van der Waals surface area contributed by atoms with Gasteiger partial charge in [0.25, 0.3) is 5.91 Å². The molecule has 0 unspecified atom stereocenters. The van der Waals surface area contributed by atoms with E-state index in [0.29, 0.717) is 17.7 Å². The first-order chi connectivity index (χ1) is 15.8. The minimum absolute atomic E-state index is 0.0403. The summed E-state index contributed by atoms with van der Waals surface area (Å²) in [6.45, 7) is 1.79. The second-order valence-corrected chi connectivity index (χ2v) is 9.16. The molecule has 1 fully saturated rings. The van der Waals surface area contributed by atoms with Crippen LogP contribution in [0.15, 0.2) is 34.7 Å². The lowest BCUT2D eigenvalue weighted by Gasteiger charge is -2.28. The zero-order chi connectivity index (χ0) is 25.3. The third kappa shape index (κ3) is 5.60. The van der Waals surface area contributed by atoms with Crippen LogP contribution in [0, 0.1) is 18.2 Å². The molecule has 1 aliphatic carbocycles. The number of carbonyl (C=O) groups is 2. The number of nitrogens with two attached hydrogens (primary N) is 1. The van der Waals surface area contributed by atoms with E-state index in [2.05, 4.69) is 5.32 Å². The minimum Gasteiger partial charge on any atom is -0.466 e. The monoisotopic (exact) mass is 483 g/mol. The quantitative estimate of drug-likeness (QED) is 0.502. The van der Waals surface area contributed by atoms with Gasteiger partial charge in [0, 0.05) is 24.9 Å². The largest absolute Gasteiger partial charge is 0.466 e. The average Bonchev–Trinajstić information content (AvgIpc) is 3.44. The molecule has 0 spiro atoms. The Bertz CT molecular complexity index is 1040. The molecular weight excluding hydrogens is 454 g/mol. The summed E-state index contributed by atoms with van der Waals surface area (Å²) in [5, 5.41) is 2.73. The standard InChI is InChI=1S/C24H29F4N3O3/c1-14-4-7-20(34-14)18(23(8-9-23)24(26,27)28)12-21(32)30-13-16(31(2)3)10-15-5-6-17(22(29)33)19(25)11-15/h4-7,11,16,18H,8-10,12-13H2,1-3H3,(H2,29,33)(H,30,32)/t16-,18-/m0/s1. The van der Waals surface area contributed by atoms with Crippen LogP contribution in [0.4, 0.5) is 17.6 Å². The Labute approximate surface area is 195 Å². The van der Waals surface area contributed by atoms with E-state index in [1.165, 1.54) is 18.2 Å². The van der Waals surface area contributed by atoms with Crippen molar-refractivity contribution in [2.24, 2.45) is 11.1 Å². The Morgan fingerprint density at radius 2 is 1.88 bits per heavy atom. The number of halogens is 4. The average molecular weight is 484 g/mol. The zero-order valence-corrected chi connectivity index (χ0v) is 19.3. The fourth-order valence-corrected chi connectivity index (χ4v) is 4.26. The molecular formula is C24H29F4N3O3. The number of primary amides is 1. The Morgan fingerprint density at radius 1 is 1.21 bits per heavy atom. The fourth-order valence-electron chi connectivity index (χ4n) is 4.26. The summed E-state index contributed by atoms with van der Waals surface area (Å²) in [4.78, 5) is 25.8.